The zero-order chi connectivity index (χ0) is 27.6. The third-order valence-electron chi connectivity index (χ3n) is 5.12. The largest absolute Gasteiger partial charge is 0.455 e. The second-order valence-electron chi connectivity index (χ2n) is 11.0. The lowest BCUT2D eigenvalue weighted by molar-refractivity contribution is -0.301. The molecule has 1 fully saturated rings. The molecule has 0 saturated carbocycles. The second kappa shape index (κ2) is 15.1. The van der Waals surface area contributed by atoms with E-state index in [-0.39, 0.29) is 49.4 Å². The summed E-state index contributed by atoms with van der Waals surface area (Å²) in [5.74, 6) is -2.53. The Labute approximate surface area is 214 Å². The number of ether oxygens (including phenoxy) is 5. The van der Waals surface area contributed by atoms with Crippen molar-refractivity contribution in [1.82, 2.24) is 0 Å². The maximum atomic E-state index is 12.7. The van der Waals surface area contributed by atoms with Gasteiger partial charge in [-0.1, -0.05) is 55.4 Å². The van der Waals surface area contributed by atoms with Gasteiger partial charge in [0, 0.05) is 25.7 Å². The average Bonchev–Trinajstić information content (AvgIpc) is 2.69. The van der Waals surface area contributed by atoms with Gasteiger partial charge in [0.15, 0.2) is 12.2 Å². The molecule has 1 aliphatic rings. The number of esters is 4. The maximum absolute atomic E-state index is 12.7. The predicted octanol–water partition coefficient (Wildman–Crippen LogP) is 3.17. The summed E-state index contributed by atoms with van der Waals surface area (Å²) in [6.45, 7) is 14.0. The fourth-order valence-electron chi connectivity index (χ4n) is 3.63. The normalized spacial score (nSPS) is 24.2. The van der Waals surface area contributed by atoms with Crippen LogP contribution in [0.3, 0.4) is 0 Å². The Morgan fingerprint density at radius 3 is 1.28 bits per heavy atom. The lowest BCUT2D eigenvalue weighted by atomic mass is 9.97. The SMILES string of the molecule is CC(C)CC(=O)O[C@@H]1O[C@H](CO)[C@@H](OC(=O)CC(C)C)[C@H](OC(=O)CC(C)C)[C@H]1OC(=O)CC(C)C. The highest BCUT2D eigenvalue weighted by atomic mass is 16.7. The Balaban J connectivity index is 3.41. The monoisotopic (exact) mass is 516 g/mol. The van der Waals surface area contributed by atoms with Crippen molar-refractivity contribution in [2.75, 3.05) is 6.61 Å². The van der Waals surface area contributed by atoms with E-state index in [0.29, 0.717) is 0 Å². The van der Waals surface area contributed by atoms with Crippen molar-refractivity contribution in [2.45, 2.75) is 112 Å². The quantitative estimate of drug-likeness (QED) is 0.287. The lowest BCUT2D eigenvalue weighted by Crippen LogP contribution is -2.63. The van der Waals surface area contributed by atoms with Crippen molar-refractivity contribution in [2.24, 2.45) is 23.7 Å². The number of carbonyl (C=O) groups is 4. The minimum absolute atomic E-state index is 0.0129. The first-order valence-corrected chi connectivity index (χ1v) is 12.8. The van der Waals surface area contributed by atoms with E-state index < -0.39 is 61.2 Å². The Bertz CT molecular complexity index is 730. The molecule has 0 amide bonds. The average molecular weight is 517 g/mol. The molecule has 1 aliphatic heterocycles. The lowest BCUT2D eigenvalue weighted by Gasteiger charge is -2.44. The van der Waals surface area contributed by atoms with Gasteiger partial charge >= 0.3 is 23.9 Å². The van der Waals surface area contributed by atoms with Crippen LogP contribution in [0.25, 0.3) is 0 Å². The molecular weight excluding hydrogens is 472 g/mol. The zero-order valence-electron chi connectivity index (χ0n) is 22.9. The highest BCUT2D eigenvalue weighted by Gasteiger charge is 2.53. The van der Waals surface area contributed by atoms with Crippen LogP contribution in [0.15, 0.2) is 0 Å². The van der Waals surface area contributed by atoms with E-state index in [1.807, 2.05) is 55.4 Å². The van der Waals surface area contributed by atoms with Crippen LogP contribution in [-0.2, 0) is 42.9 Å². The molecule has 0 bridgehead atoms. The summed E-state index contributed by atoms with van der Waals surface area (Å²) in [7, 11) is 0. The smallest absolute Gasteiger partial charge is 0.308 e. The molecule has 36 heavy (non-hydrogen) atoms. The van der Waals surface area contributed by atoms with E-state index >= 15 is 0 Å². The Kier molecular flexibility index (Phi) is 13.4. The Morgan fingerprint density at radius 2 is 0.917 bits per heavy atom. The molecule has 1 heterocycles. The van der Waals surface area contributed by atoms with Crippen LogP contribution < -0.4 is 0 Å². The predicted molar refractivity (Wildman–Crippen MR) is 129 cm³/mol. The van der Waals surface area contributed by atoms with E-state index in [4.69, 9.17) is 23.7 Å². The molecule has 5 atom stereocenters. The molecule has 10 heteroatoms. The summed E-state index contributed by atoms with van der Waals surface area (Å²) in [4.78, 5) is 50.4. The van der Waals surface area contributed by atoms with Crippen molar-refractivity contribution in [3.63, 3.8) is 0 Å². The van der Waals surface area contributed by atoms with Crippen molar-refractivity contribution in [3.05, 3.63) is 0 Å². The van der Waals surface area contributed by atoms with Crippen molar-refractivity contribution in [1.29, 1.82) is 0 Å². The van der Waals surface area contributed by atoms with Gasteiger partial charge in [-0.25, -0.2) is 0 Å². The number of aliphatic hydroxyl groups excluding tert-OH is 1. The number of hydrogen-bond acceptors (Lipinski definition) is 10. The molecule has 0 spiro atoms. The topological polar surface area (TPSA) is 135 Å². The summed E-state index contributed by atoms with van der Waals surface area (Å²) >= 11 is 0. The Morgan fingerprint density at radius 1 is 0.583 bits per heavy atom. The maximum Gasteiger partial charge on any atom is 0.308 e. The first kappa shape index (κ1) is 31.8. The van der Waals surface area contributed by atoms with E-state index in [2.05, 4.69) is 0 Å². The van der Waals surface area contributed by atoms with Crippen LogP contribution in [0, 0.1) is 23.7 Å². The van der Waals surface area contributed by atoms with Crippen LogP contribution in [-0.4, -0.2) is 66.3 Å². The van der Waals surface area contributed by atoms with E-state index in [9.17, 15) is 24.3 Å². The number of rotatable bonds is 13. The van der Waals surface area contributed by atoms with Gasteiger partial charge in [-0.15, -0.1) is 0 Å². The first-order valence-electron chi connectivity index (χ1n) is 12.8. The fraction of sp³-hybridized carbons (Fsp3) is 0.846. The molecule has 1 N–H and O–H groups in total. The van der Waals surface area contributed by atoms with Gasteiger partial charge in [0.25, 0.3) is 0 Å². The van der Waals surface area contributed by atoms with Crippen LogP contribution in [0.1, 0.15) is 81.1 Å². The minimum atomic E-state index is -1.47. The number of carbonyl (C=O) groups excluding carboxylic acids is 4. The van der Waals surface area contributed by atoms with E-state index in [0.717, 1.165) is 0 Å². The Hall–Kier alpha value is -2.20. The highest BCUT2D eigenvalue weighted by molar-refractivity contribution is 5.72. The molecule has 0 aliphatic carbocycles. The third kappa shape index (κ3) is 11.2. The fourth-order valence-corrected chi connectivity index (χ4v) is 3.63. The molecule has 10 nitrogen and oxygen atoms in total. The van der Waals surface area contributed by atoms with Gasteiger partial charge < -0.3 is 28.8 Å². The third-order valence-corrected chi connectivity index (χ3v) is 5.12. The zero-order valence-corrected chi connectivity index (χ0v) is 22.9. The number of hydrogen-bond donors (Lipinski definition) is 1. The molecule has 0 radical (unpaired) electrons. The molecule has 1 saturated heterocycles. The van der Waals surface area contributed by atoms with Crippen molar-refractivity contribution < 1.29 is 48.0 Å². The molecule has 208 valence electrons. The van der Waals surface area contributed by atoms with Crippen LogP contribution >= 0.6 is 0 Å². The van der Waals surface area contributed by atoms with Crippen molar-refractivity contribution in [3.8, 4) is 0 Å². The van der Waals surface area contributed by atoms with Gasteiger partial charge in [0.05, 0.1) is 6.61 Å². The first-order chi connectivity index (χ1) is 16.7. The van der Waals surface area contributed by atoms with Crippen molar-refractivity contribution >= 4 is 23.9 Å². The van der Waals surface area contributed by atoms with Gasteiger partial charge in [-0.2, -0.15) is 0 Å². The van der Waals surface area contributed by atoms with Crippen LogP contribution in [0.2, 0.25) is 0 Å². The summed E-state index contributed by atoms with van der Waals surface area (Å²) < 4.78 is 28.2. The minimum Gasteiger partial charge on any atom is -0.455 e. The van der Waals surface area contributed by atoms with Gasteiger partial charge in [-0.05, 0) is 23.7 Å². The van der Waals surface area contributed by atoms with Gasteiger partial charge in [-0.3, -0.25) is 19.2 Å². The highest BCUT2D eigenvalue weighted by Crippen LogP contribution is 2.31. The van der Waals surface area contributed by atoms with Gasteiger partial charge in [0.1, 0.15) is 6.10 Å². The second-order valence-corrected chi connectivity index (χ2v) is 11.0. The summed E-state index contributed by atoms with van der Waals surface area (Å²) in [6, 6.07) is 0. The molecule has 0 unspecified atom stereocenters. The molecule has 0 aromatic carbocycles. The molecular formula is C26H44O10. The van der Waals surface area contributed by atoms with Crippen LogP contribution in [0.5, 0.6) is 0 Å². The summed E-state index contributed by atoms with van der Waals surface area (Å²) in [5, 5.41) is 10.0. The van der Waals surface area contributed by atoms with Crippen LogP contribution in [0.4, 0.5) is 0 Å². The van der Waals surface area contributed by atoms with E-state index in [1.165, 1.54) is 0 Å². The molecule has 0 aromatic heterocycles. The molecule has 1 rings (SSSR count). The standard InChI is InChI=1S/C26H44O10/c1-14(2)9-19(28)33-23-18(13-27)32-26(36-22(31)12-17(7)8)25(35-21(30)11-16(5)6)24(23)34-20(29)10-15(3)4/h14-18,23-27H,9-13H2,1-8H3/t18-,23-,24+,25-,26+/m1/s1. The summed E-state index contributed by atoms with van der Waals surface area (Å²) in [6.07, 6.45) is -6.44. The summed E-state index contributed by atoms with van der Waals surface area (Å²) in [5.41, 5.74) is 0. The number of aliphatic hydroxyl groups is 1. The molecule has 0 aromatic rings. The van der Waals surface area contributed by atoms with E-state index in [1.54, 1.807) is 0 Å². The van der Waals surface area contributed by atoms with Gasteiger partial charge in [0.2, 0.25) is 12.4 Å².